The quantitative estimate of drug-likeness (QED) is 0.640. The fraction of sp³-hybridized carbons (Fsp3) is 0.409. The Balaban J connectivity index is 2.15. The van der Waals surface area contributed by atoms with Gasteiger partial charge in [0.1, 0.15) is 11.3 Å². The van der Waals surface area contributed by atoms with Gasteiger partial charge in [-0.1, -0.05) is 13.8 Å². The molecular formula is C22H26N2O6. The van der Waals surface area contributed by atoms with Crippen LogP contribution < -0.4 is 15.9 Å². The van der Waals surface area contributed by atoms with Crippen molar-refractivity contribution in [2.75, 3.05) is 20.3 Å². The summed E-state index contributed by atoms with van der Waals surface area (Å²) in [5, 5.41) is 9.36. The molecular weight excluding hydrogens is 388 g/mol. The van der Waals surface area contributed by atoms with Crippen LogP contribution in [0.1, 0.15) is 52.6 Å². The first-order chi connectivity index (χ1) is 14.2. The number of pyridine rings is 1. The minimum atomic E-state index is -1.26. The number of fused-ring (bicyclic) bond motifs is 3. The van der Waals surface area contributed by atoms with E-state index in [-0.39, 0.29) is 23.1 Å². The number of carbonyl (C=O) groups is 2. The average molecular weight is 414 g/mol. The van der Waals surface area contributed by atoms with E-state index in [4.69, 9.17) is 15.2 Å². The van der Waals surface area contributed by atoms with Gasteiger partial charge in [0.25, 0.3) is 5.91 Å². The molecule has 1 aliphatic rings. The molecule has 1 atom stereocenters. The Morgan fingerprint density at radius 3 is 2.57 bits per heavy atom. The lowest BCUT2D eigenvalue weighted by Crippen LogP contribution is -2.28. The van der Waals surface area contributed by atoms with Crippen LogP contribution in [-0.4, -0.2) is 41.9 Å². The molecule has 0 aliphatic carbocycles. The van der Waals surface area contributed by atoms with Crippen LogP contribution in [0.25, 0.3) is 11.3 Å². The highest BCUT2D eigenvalue weighted by Crippen LogP contribution is 2.40. The summed E-state index contributed by atoms with van der Waals surface area (Å²) in [6.07, 6.45) is 2.67. The Morgan fingerprint density at radius 2 is 1.97 bits per heavy atom. The lowest BCUT2D eigenvalue weighted by atomic mass is 9.86. The fourth-order valence-corrected chi connectivity index (χ4v) is 3.81. The van der Waals surface area contributed by atoms with E-state index in [0.717, 1.165) is 5.56 Å². The molecule has 2 aromatic rings. The van der Waals surface area contributed by atoms with Crippen molar-refractivity contribution >= 4 is 11.9 Å². The van der Waals surface area contributed by atoms with Crippen molar-refractivity contribution in [2.45, 2.75) is 32.7 Å². The first-order valence-corrected chi connectivity index (χ1v) is 9.82. The topological polar surface area (TPSA) is 121 Å². The van der Waals surface area contributed by atoms with Crippen molar-refractivity contribution in [1.82, 2.24) is 4.57 Å². The molecule has 2 heterocycles. The number of hydrogen-bond acceptors (Lipinski definition) is 5. The molecule has 1 aliphatic heterocycles. The summed E-state index contributed by atoms with van der Waals surface area (Å²) in [7, 11) is 1.61. The number of carboxylic acid groups (broad SMARTS) is 1. The molecule has 1 aromatic heterocycles. The van der Waals surface area contributed by atoms with Crippen LogP contribution in [0.5, 0.6) is 5.75 Å². The second-order valence-electron chi connectivity index (χ2n) is 7.73. The number of rotatable bonds is 8. The number of ether oxygens (including phenoxy) is 2. The van der Waals surface area contributed by atoms with Gasteiger partial charge in [0.05, 0.1) is 17.9 Å². The molecule has 30 heavy (non-hydrogen) atoms. The van der Waals surface area contributed by atoms with E-state index >= 15 is 0 Å². The summed E-state index contributed by atoms with van der Waals surface area (Å²) >= 11 is 0. The molecule has 3 N–H and O–H groups in total. The highest BCUT2D eigenvalue weighted by atomic mass is 16.5. The monoisotopic (exact) mass is 414 g/mol. The van der Waals surface area contributed by atoms with E-state index in [1.54, 1.807) is 19.2 Å². The molecule has 1 amide bonds. The van der Waals surface area contributed by atoms with Crippen molar-refractivity contribution < 1.29 is 24.2 Å². The molecule has 160 valence electrons. The second kappa shape index (κ2) is 8.71. The Morgan fingerprint density at radius 1 is 1.23 bits per heavy atom. The Bertz CT molecular complexity index is 1040. The highest BCUT2D eigenvalue weighted by Gasteiger charge is 2.29. The van der Waals surface area contributed by atoms with Crippen molar-refractivity contribution in [3.8, 4) is 17.0 Å². The summed E-state index contributed by atoms with van der Waals surface area (Å²) < 4.78 is 12.6. The van der Waals surface area contributed by atoms with Crippen molar-refractivity contribution in [3.05, 3.63) is 51.3 Å². The van der Waals surface area contributed by atoms with E-state index in [0.29, 0.717) is 43.1 Å². The summed E-state index contributed by atoms with van der Waals surface area (Å²) in [6.45, 7) is 4.99. The number of nitrogens with zero attached hydrogens (tertiary/aromatic N) is 1. The van der Waals surface area contributed by atoms with E-state index < -0.39 is 17.3 Å². The third-order valence-corrected chi connectivity index (χ3v) is 5.36. The predicted molar refractivity (Wildman–Crippen MR) is 111 cm³/mol. The Labute approximate surface area is 174 Å². The van der Waals surface area contributed by atoms with Gasteiger partial charge >= 0.3 is 5.97 Å². The fourth-order valence-electron chi connectivity index (χ4n) is 3.81. The lowest BCUT2D eigenvalue weighted by Gasteiger charge is -2.33. The van der Waals surface area contributed by atoms with Crippen LogP contribution in [0.2, 0.25) is 0 Å². The molecule has 0 bridgehead atoms. The summed E-state index contributed by atoms with van der Waals surface area (Å²) in [5.74, 6) is -1.32. The zero-order chi connectivity index (χ0) is 22.0. The Hall–Kier alpha value is -3.13. The zero-order valence-corrected chi connectivity index (χ0v) is 17.3. The van der Waals surface area contributed by atoms with Crippen LogP contribution in [0, 0.1) is 5.92 Å². The SMILES string of the molecule is COCCCOc1cc2c(cc1C(N)=O)-c1cc(=O)c(C(=O)O)cn1C(C(C)C)C2. The predicted octanol–water partition coefficient (Wildman–Crippen LogP) is 2.48. The number of nitrogens with two attached hydrogens (primary N) is 1. The molecule has 1 aromatic carbocycles. The first kappa shape index (κ1) is 21.6. The van der Waals surface area contributed by atoms with Crippen molar-refractivity contribution in [3.63, 3.8) is 0 Å². The third kappa shape index (κ3) is 4.09. The van der Waals surface area contributed by atoms with Gasteiger partial charge in [-0.05, 0) is 30.0 Å². The van der Waals surface area contributed by atoms with Crippen LogP contribution in [0.4, 0.5) is 0 Å². The van der Waals surface area contributed by atoms with Gasteiger partial charge in [0, 0.05) is 44.0 Å². The number of carbonyl (C=O) groups excluding carboxylic acids is 1. The number of aromatic carboxylic acids is 1. The largest absolute Gasteiger partial charge is 0.493 e. The molecule has 0 saturated heterocycles. The number of carboxylic acids is 1. The van der Waals surface area contributed by atoms with Gasteiger partial charge in [-0.3, -0.25) is 9.59 Å². The summed E-state index contributed by atoms with van der Waals surface area (Å²) in [4.78, 5) is 35.9. The molecule has 1 unspecified atom stereocenters. The Kier molecular flexibility index (Phi) is 6.26. The summed E-state index contributed by atoms with van der Waals surface area (Å²) in [6, 6.07) is 4.70. The molecule has 0 spiro atoms. The number of primary amides is 1. The minimum Gasteiger partial charge on any atom is -0.493 e. The molecule has 0 saturated carbocycles. The van der Waals surface area contributed by atoms with Gasteiger partial charge in [-0.2, -0.15) is 0 Å². The molecule has 8 nitrogen and oxygen atoms in total. The van der Waals surface area contributed by atoms with Crippen molar-refractivity contribution in [2.24, 2.45) is 11.7 Å². The van der Waals surface area contributed by atoms with Gasteiger partial charge in [0.2, 0.25) is 0 Å². The average Bonchev–Trinajstić information content (AvgIpc) is 2.69. The number of benzene rings is 1. The van der Waals surface area contributed by atoms with Gasteiger partial charge in [-0.15, -0.1) is 0 Å². The van der Waals surface area contributed by atoms with E-state index in [9.17, 15) is 19.5 Å². The van der Waals surface area contributed by atoms with Crippen LogP contribution in [0.3, 0.4) is 0 Å². The van der Waals surface area contributed by atoms with E-state index in [1.165, 1.54) is 12.3 Å². The van der Waals surface area contributed by atoms with E-state index in [2.05, 4.69) is 0 Å². The van der Waals surface area contributed by atoms with Crippen molar-refractivity contribution in [1.29, 1.82) is 0 Å². The van der Waals surface area contributed by atoms with E-state index in [1.807, 2.05) is 18.4 Å². The summed E-state index contributed by atoms with van der Waals surface area (Å²) in [5.41, 5.74) is 7.11. The molecule has 3 rings (SSSR count). The molecule has 0 fully saturated rings. The zero-order valence-electron chi connectivity index (χ0n) is 17.3. The number of aromatic nitrogens is 1. The van der Waals surface area contributed by atoms with Gasteiger partial charge in [-0.25, -0.2) is 4.79 Å². The maximum atomic E-state index is 12.4. The second-order valence-corrected chi connectivity index (χ2v) is 7.73. The molecule has 0 radical (unpaired) electrons. The highest BCUT2D eigenvalue weighted by molar-refractivity contribution is 5.97. The van der Waals surface area contributed by atoms with Gasteiger partial charge < -0.3 is 24.9 Å². The number of methoxy groups -OCH3 is 1. The first-order valence-electron chi connectivity index (χ1n) is 9.82. The standard InChI is InChI=1S/C22H26N2O6/c1-12(2)17-7-13-8-20(30-6-4-5-29-3)15(21(23)26)9-14(13)18-10-19(25)16(22(27)28)11-24(17)18/h8-12,17H,4-7H2,1-3H3,(H2,23,26)(H,27,28). The third-order valence-electron chi connectivity index (χ3n) is 5.36. The molecule has 8 heteroatoms. The smallest absolute Gasteiger partial charge is 0.341 e. The van der Waals surface area contributed by atoms with Crippen LogP contribution >= 0.6 is 0 Å². The van der Waals surface area contributed by atoms with Crippen LogP contribution in [-0.2, 0) is 11.2 Å². The number of hydrogen-bond donors (Lipinski definition) is 2. The normalized spacial score (nSPS) is 14.9. The maximum absolute atomic E-state index is 12.4. The van der Waals surface area contributed by atoms with Gasteiger partial charge in [0.15, 0.2) is 5.43 Å². The lowest BCUT2D eigenvalue weighted by molar-refractivity contribution is 0.0694. The van der Waals surface area contributed by atoms with Crippen LogP contribution in [0.15, 0.2) is 29.2 Å². The minimum absolute atomic E-state index is 0.0491. The maximum Gasteiger partial charge on any atom is 0.341 e. The number of amides is 1.